The lowest BCUT2D eigenvalue weighted by Crippen LogP contribution is -2.06. The second-order valence-corrected chi connectivity index (χ2v) is 3.94. The minimum Gasteiger partial charge on any atom is -0.494 e. The summed E-state index contributed by atoms with van der Waals surface area (Å²) in [5.41, 5.74) is 1.65. The molecule has 0 aliphatic carbocycles. The van der Waals surface area contributed by atoms with Gasteiger partial charge in [0.05, 0.1) is 18.5 Å². The highest BCUT2D eigenvalue weighted by Crippen LogP contribution is 2.21. The zero-order chi connectivity index (χ0) is 12.0. The van der Waals surface area contributed by atoms with Crippen LogP contribution in [0.3, 0.4) is 0 Å². The van der Waals surface area contributed by atoms with Crippen LogP contribution in [0.4, 0.5) is 0 Å². The first-order chi connectivity index (χ1) is 7.71. The van der Waals surface area contributed by atoms with Crippen LogP contribution >= 0.6 is 15.9 Å². The van der Waals surface area contributed by atoms with Gasteiger partial charge in [0.25, 0.3) is 0 Å². The summed E-state index contributed by atoms with van der Waals surface area (Å²) in [6.45, 7) is 2.42. The summed E-state index contributed by atoms with van der Waals surface area (Å²) in [4.78, 5) is 11.3. The number of carbonyl (C=O) groups is 1. The molecule has 0 fully saturated rings. The van der Waals surface area contributed by atoms with E-state index >= 15 is 0 Å². The molecule has 0 atom stereocenters. The van der Waals surface area contributed by atoms with Crippen molar-refractivity contribution in [3.8, 4) is 5.75 Å². The van der Waals surface area contributed by atoms with Crippen LogP contribution in [-0.2, 0) is 17.8 Å². The Bertz CT molecular complexity index is 363. The fourth-order valence-corrected chi connectivity index (χ4v) is 1.59. The quantitative estimate of drug-likeness (QED) is 0.815. The normalized spacial score (nSPS) is 10.2. The number of Topliss-reactive ketones (excluding diaryl/α,β-unsaturated/α-hetero) is 1. The molecular formula is C12H15BrO3. The Hall–Kier alpha value is -0.870. The monoisotopic (exact) mass is 286 g/mol. The van der Waals surface area contributed by atoms with E-state index in [1.807, 2.05) is 13.0 Å². The van der Waals surface area contributed by atoms with Crippen LogP contribution in [0.1, 0.15) is 18.1 Å². The number of hydrogen-bond acceptors (Lipinski definition) is 3. The first-order valence-corrected chi connectivity index (χ1v) is 6.26. The van der Waals surface area contributed by atoms with Gasteiger partial charge >= 0.3 is 0 Å². The predicted molar refractivity (Wildman–Crippen MR) is 66.0 cm³/mol. The van der Waals surface area contributed by atoms with E-state index in [9.17, 15) is 4.79 Å². The molecule has 0 saturated heterocycles. The molecule has 1 N–H and O–H groups in total. The zero-order valence-electron chi connectivity index (χ0n) is 9.20. The largest absolute Gasteiger partial charge is 0.494 e. The van der Waals surface area contributed by atoms with E-state index in [-0.39, 0.29) is 12.4 Å². The molecule has 3 nitrogen and oxygen atoms in total. The van der Waals surface area contributed by atoms with Crippen LogP contribution < -0.4 is 4.74 Å². The lowest BCUT2D eigenvalue weighted by atomic mass is 10.1. The number of halogens is 1. The maximum absolute atomic E-state index is 11.3. The number of ketones is 1. The predicted octanol–water partition coefficient (Wildman–Crippen LogP) is 2.08. The molecule has 88 valence electrons. The van der Waals surface area contributed by atoms with Gasteiger partial charge in [0.2, 0.25) is 0 Å². The molecule has 0 aliphatic rings. The van der Waals surface area contributed by atoms with Gasteiger partial charge in [0.1, 0.15) is 11.5 Å². The summed E-state index contributed by atoms with van der Waals surface area (Å²) in [5.74, 6) is 0.793. The van der Waals surface area contributed by atoms with Gasteiger partial charge in [-0.1, -0.05) is 28.1 Å². The fourth-order valence-electron chi connectivity index (χ4n) is 1.39. The molecule has 4 heteroatoms. The Morgan fingerprint density at radius 1 is 1.50 bits per heavy atom. The second-order valence-electron chi connectivity index (χ2n) is 3.38. The van der Waals surface area contributed by atoms with Crippen LogP contribution in [-0.4, -0.2) is 22.8 Å². The smallest absolute Gasteiger partial charge is 0.147 e. The molecule has 0 heterocycles. The first kappa shape index (κ1) is 13.2. The van der Waals surface area contributed by atoms with Crippen molar-refractivity contribution in [3.63, 3.8) is 0 Å². The van der Waals surface area contributed by atoms with Crippen molar-refractivity contribution in [2.45, 2.75) is 20.0 Å². The number of rotatable bonds is 6. The van der Waals surface area contributed by atoms with Gasteiger partial charge in [0, 0.05) is 12.0 Å². The van der Waals surface area contributed by atoms with E-state index in [1.54, 1.807) is 12.1 Å². The highest BCUT2D eigenvalue weighted by molar-refractivity contribution is 9.09. The standard InChI is InChI=1S/C12H15BrO3/c1-2-16-12-5-9(8-14)3-4-10(12)6-11(15)7-13/h3-5,14H,2,6-8H2,1H3. The van der Waals surface area contributed by atoms with Gasteiger partial charge in [-0.2, -0.15) is 0 Å². The molecule has 1 aromatic rings. The number of benzene rings is 1. The Labute approximate surface area is 104 Å². The molecular weight excluding hydrogens is 272 g/mol. The lowest BCUT2D eigenvalue weighted by molar-refractivity contribution is -0.115. The minimum atomic E-state index is -0.0211. The van der Waals surface area contributed by atoms with E-state index < -0.39 is 0 Å². The molecule has 0 saturated carbocycles. The Kier molecular flexibility index (Phi) is 5.49. The summed E-state index contributed by atoms with van der Waals surface area (Å²) < 4.78 is 5.45. The molecule has 1 rings (SSSR count). The summed E-state index contributed by atoms with van der Waals surface area (Å²) >= 11 is 3.13. The van der Waals surface area contributed by atoms with Crippen LogP contribution in [0, 0.1) is 0 Å². The second kappa shape index (κ2) is 6.66. The third-order valence-corrected chi connectivity index (χ3v) is 2.78. The summed E-state index contributed by atoms with van der Waals surface area (Å²) in [6, 6.07) is 5.41. The van der Waals surface area contributed by atoms with Gasteiger partial charge in [-0.3, -0.25) is 4.79 Å². The topological polar surface area (TPSA) is 46.5 Å². The fraction of sp³-hybridized carbons (Fsp3) is 0.417. The summed E-state index contributed by atoms with van der Waals surface area (Å²) in [6.07, 6.45) is 0.353. The number of alkyl halides is 1. The van der Waals surface area contributed by atoms with Crippen LogP contribution in [0.2, 0.25) is 0 Å². The van der Waals surface area contributed by atoms with Crippen molar-refractivity contribution < 1.29 is 14.6 Å². The average molecular weight is 287 g/mol. The summed E-state index contributed by atoms with van der Waals surface area (Å²) in [5, 5.41) is 9.37. The number of hydrogen-bond donors (Lipinski definition) is 1. The number of ether oxygens (including phenoxy) is 1. The van der Waals surface area contributed by atoms with Crippen molar-refractivity contribution in [2.24, 2.45) is 0 Å². The molecule has 0 unspecified atom stereocenters. The van der Waals surface area contributed by atoms with E-state index in [1.165, 1.54) is 0 Å². The molecule has 0 aliphatic heterocycles. The number of carbonyl (C=O) groups excluding carboxylic acids is 1. The molecule has 0 aromatic heterocycles. The highest BCUT2D eigenvalue weighted by Gasteiger charge is 2.08. The Morgan fingerprint density at radius 2 is 2.25 bits per heavy atom. The Morgan fingerprint density at radius 3 is 2.81 bits per heavy atom. The van der Waals surface area contributed by atoms with Gasteiger partial charge in [-0.15, -0.1) is 0 Å². The van der Waals surface area contributed by atoms with Crippen LogP contribution in [0.5, 0.6) is 5.75 Å². The third-order valence-electron chi connectivity index (χ3n) is 2.15. The van der Waals surface area contributed by atoms with Crippen LogP contribution in [0.15, 0.2) is 18.2 Å². The number of aliphatic hydroxyl groups is 1. The van der Waals surface area contributed by atoms with Crippen LogP contribution in [0.25, 0.3) is 0 Å². The van der Waals surface area contributed by atoms with Crippen molar-refractivity contribution in [1.29, 1.82) is 0 Å². The van der Waals surface area contributed by atoms with E-state index in [0.717, 1.165) is 11.1 Å². The lowest BCUT2D eigenvalue weighted by Gasteiger charge is -2.10. The maximum atomic E-state index is 11.3. The molecule has 0 radical (unpaired) electrons. The SMILES string of the molecule is CCOc1cc(CO)ccc1CC(=O)CBr. The van der Waals surface area contributed by atoms with E-state index in [0.29, 0.717) is 24.1 Å². The maximum Gasteiger partial charge on any atom is 0.147 e. The van der Waals surface area contributed by atoms with E-state index in [2.05, 4.69) is 15.9 Å². The van der Waals surface area contributed by atoms with Gasteiger partial charge in [-0.25, -0.2) is 0 Å². The van der Waals surface area contributed by atoms with E-state index in [4.69, 9.17) is 9.84 Å². The average Bonchev–Trinajstić information content (AvgIpc) is 2.31. The molecule has 0 spiro atoms. The van der Waals surface area contributed by atoms with Crippen molar-refractivity contribution in [2.75, 3.05) is 11.9 Å². The van der Waals surface area contributed by atoms with Gasteiger partial charge in [0.15, 0.2) is 0 Å². The van der Waals surface area contributed by atoms with Crippen molar-refractivity contribution >= 4 is 21.7 Å². The minimum absolute atomic E-state index is 0.0211. The van der Waals surface area contributed by atoms with Crippen molar-refractivity contribution in [1.82, 2.24) is 0 Å². The summed E-state index contributed by atoms with van der Waals surface area (Å²) in [7, 11) is 0. The van der Waals surface area contributed by atoms with Gasteiger partial charge < -0.3 is 9.84 Å². The highest BCUT2D eigenvalue weighted by atomic mass is 79.9. The molecule has 0 amide bonds. The Balaban J connectivity index is 2.93. The number of aliphatic hydroxyl groups excluding tert-OH is 1. The van der Waals surface area contributed by atoms with Gasteiger partial charge in [-0.05, 0) is 18.6 Å². The van der Waals surface area contributed by atoms with Crippen molar-refractivity contribution in [3.05, 3.63) is 29.3 Å². The molecule has 16 heavy (non-hydrogen) atoms. The first-order valence-electron chi connectivity index (χ1n) is 5.14. The molecule has 0 bridgehead atoms. The third kappa shape index (κ3) is 3.61. The zero-order valence-corrected chi connectivity index (χ0v) is 10.8. The molecule has 1 aromatic carbocycles.